The summed E-state index contributed by atoms with van der Waals surface area (Å²) in [6, 6.07) is 5.92. The van der Waals surface area contributed by atoms with Gasteiger partial charge < -0.3 is 9.72 Å². The lowest BCUT2D eigenvalue weighted by molar-refractivity contribution is 0.408. The third kappa shape index (κ3) is 2.41. The Kier molecular flexibility index (Phi) is 3.47. The van der Waals surface area contributed by atoms with Crippen LogP contribution in [0.3, 0.4) is 0 Å². The second-order valence-electron chi connectivity index (χ2n) is 4.96. The number of pyridine rings is 1. The van der Waals surface area contributed by atoms with E-state index in [1.54, 1.807) is 7.11 Å². The summed E-state index contributed by atoms with van der Waals surface area (Å²) < 4.78 is 5.35. The average Bonchev–Trinajstić information content (AvgIpc) is 2.33. The normalized spacial score (nSPS) is 10.6. The van der Waals surface area contributed by atoms with Gasteiger partial charge in [0, 0.05) is 11.3 Å². The molecule has 0 unspecified atom stereocenters. The Bertz CT molecular complexity index is 661. The van der Waals surface area contributed by atoms with Gasteiger partial charge in [0.2, 0.25) is 0 Å². The van der Waals surface area contributed by atoms with Crippen LogP contribution in [0.4, 0.5) is 0 Å². The van der Waals surface area contributed by atoms with E-state index < -0.39 is 0 Å². The van der Waals surface area contributed by atoms with Gasteiger partial charge in [-0.3, -0.25) is 4.79 Å². The molecular weight excluding hydrogens is 238 g/mol. The lowest BCUT2D eigenvalue weighted by Crippen LogP contribution is -2.11. The molecule has 2 aromatic rings. The Labute approximate surface area is 113 Å². The fourth-order valence-electron chi connectivity index (χ4n) is 2.37. The number of hydrogen-bond donors (Lipinski definition) is 1. The van der Waals surface area contributed by atoms with Crippen molar-refractivity contribution in [3.8, 4) is 16.9 Å². The summed E-state index contributed by atoms with van der Waals surface area (Å²) >= 11 is 0. The number of aromatic nitrogens is 1. The summed E-state index contributed by atoms with van der Waals surface area (Å²) in [5, 5.41) is 0. The highest BCUT2D eigenvalue weighted by Crippen LogP contribution is 2.28. The Balaban J connectivity index is 2.67. The van der Waals surface area contributed by atoms with Gasteiger partial charge in [-0.05, 0) is 68.1 Å². The summed E-state index contributed by atoms with van der Waals surface area (Å²) in [7, 11) is 1.66. The van der Waals surface area contributed by atoms with Crippen LogP contribution in [0.1, 0.15) is 22.4 Å². The summed E-state index contributed by atoms with van der Waals surface area (Å²) in [6.07, 6.45) is 0. The van der Waals surface area contributed by atoms with Crippen molar-refractivity contribution >= 4 is 0 Å². The zero-order valence-corrected chi connectivity index (χ0v) is 12.0. The number of methoxy groups -OCH3 is 1. The topological polar surface area (TPSA) is 42.1 Å². The first-order valence-electron chi connectivity index (χ1n) is 6.30. The molecule has 0 amide bonds. The molecule has 2 rings (SSSR count). The van der Waals surface area contributed by atoms with E-state index in [9.17, 15) is 4.79 Å². The lowest BCUT2D eigenvalue weighted by Gasteiger charge is -2.12. The van der Waals surface area contributed by atoms with Gasteiger partial charge in [-0.1, -0.05) is 0 Å². The first kappa shape index (κ1) is 13.4. The van der Waals surface area contributed by atoms with Gasteiger partial charge in [-0.2, -0.15) is 0 Å². The van der Waals surface area contributed by atoms with Gasteiger partial charge in [0.1, 0.15) is 5.75 Å². The number of rotatable bonds is 2. The molecule has 1 heterocycles. The quantitative estimate of drug-likeness (QED) is 0.897. The van der Waals surface area contributed by atoms with Crippen LogP contribution in [0.5, 0.6) is 5.75 Å². The smallest absolute Gasteiger partial charge is 0.256 e. The van der Waals surface area contributed by atoms with Gasteiger partial charge in [-0.25, -0.2) is 0 Å². The molecule has 0 aliphatic carbocycles. The number of benzene rings is 1. The van der Waals surface area contributed by atoms with Crippen molar-refractivity contribution in [1.82, 2.24) is 4.98 Å². The molecule has 19 heavy (non-hydrogen) atoms. The van der Waals surface area contributed by atoms with E-state index in [1.165, 1.54) is 0 Å². The van der Waals surface area contributed by atoms with Crippen molar-refractivity contribution in [1.29, 1.82) is 0 Å². The van der Waals surface area contributed by atoms with E-state index in [0.29, 0.717) is 5.56 Å². The van der Waals surface area contributed by atoms with E-state index in [2.05, 4.69) is 4.98 Å². The second-order valence-corrected chi connectivity index (χ2v) is 4.96. The summed E-state index contributed by atoms with van der Waals surface area (Å²) in [6.45, 7) is 7.89. The fraction of sp³-hybridized carbons (Fsp3) is 0.312. The van der Waals surface area contributed by atoms with Gasteiger partial charge in [-0.15, -0.1) is 0 Å². The predicted molar refractivity (Wildman–Crippen MR) is 78.0 cm³/mol. The minimum Gasteiger partial charge on any atom is -0.496 e. The van der Waals surface area contributed by atoms with Crippen LogP contribution in [-0.2, 0) is 0 Å². The van der Waals surface area contributed by atoms with Crippen LogP contribution >= 0.6 is 0 Å². The molecule has 0 atom stereocenters. The third-order valence-electron chi connectivity index (χ3n) is 3.47. The molecule has 0 radical (unpaired) electrons. The van der Waals surface area contributed by atoms with E-state index >= 15 is 0 Å². The van der Waals surface area contributed by atoms with Crippen molar-refractivity contribution in [2.75, 3.05) is 7.11 Å². The molecule has 1 aromatic heterocycles. The van der Waals surface area contributed by atoms with Gasteiger partial charge in [0.15, 0.2) is 0 Å². The molecule has 0 bridgehead atoms. The van der Waals surface area contributed by atoms with Crippen molar-refractivity contribution in [2.45, 2.75) is 27.7 Å². The molecule has 0 aliphatic rings. The Morgan fingerprint density at radius 2 is 1.53 bits per heavy atom. The highest BCUT2D eigenvalue weighted by molar-refractivity contribution is 5.67. The van der Waals surface area contributed by atoms with Crippen molar-refractivity contribution in [2.24, 2.45) is 0 Å². The molecule has 0 fully saturated rings. The molecule has 1 aromatic carbocycles. The van der Waals surface area contributed by atoms with Gasteiger partial charge >= 0.3 is 0 Å². The Morgan fingerprint density at radius 1 is 0.947 bits per heavy atom. The Morgan fingerprint density at radius 3 is 2.05 bits per heavy atom. The number of aryl methyl sites for hydroxylation is 4. The molecule has 0 spiro atoms. The first-order chi connectivity index (χ1) is 8.93. The zero-order chi connectivity index (χ0) is 14.2. The summed E-state index contributed by atoms with van der Waals surface area (Å²) in [5.74, 6) is 0.879. The lowest BCUT2D eigenvalue weighted by atomic mass is 9.99. The van der Waals surface area contributed by atoms with Crippen LogP contribution in [-0.4, -0.2) is 12.1 Å². The van der Waals surface area contributed by atoms with Crippen LogP contribution in [0.2, 0.25) is 0 Å². The molecule has 0 saturated carbocycles. The molecule has 3 heteroatoms. The largest absolute Gasteiger partial charge is 0.496 e. The van der Waals surface area contributed by atoms with E-state index in [4.69, 9.17) is 4.74 Å². The average molecular weight is 257 g/mol. The third-order valence-corrected chi connectivity index (χ3v) is 3.47. The number of H-pyrrole nitrogens is 1. The van der Waals surface area contributed by atoms with Crippen LogP contribution in [0, 0.1) is 27.7 Å². The molecule has 1 N–H and O–H groups in total. The second kappa shape index (κ2) is 4.92. The standard InChI is InChI=1S/C16H19NO2/c1-9-8-14(16(18)17-12(9)4)13-6-10(2)15(19-5)11(3)7-13/h6-8H,1-5H3,(H,17,18). The first-order valence-corrected chi connectivity index (χ1v) is 6.30. The Hall–Kier alpha value is -2.03. The number of ether oxygens (including phenoxy) is 1. The maximum atomic E-state index is 12.1. The maximum Gasteiger partial charge on any atom is 0.256 e. The number of aromatic amines is 1. The molecule has 3 nitrogen and oxygen atoms in total. The number of hydrogen-bond acceptors (Lipinski definition) is 2. The maximum absolute atomic E-state index is 12.1. The zero-order valence-electron chi connectivity index (χ0n) is 12.0. The highest BCUT2D eigenvalue weighted by atomic mass is 16.5. The monoisotopic (exact) mass is 257 g/mol. The molecule has 0 saturated heterocycles. The predicted octanol–water partition coefficient (Wildman–Crippen LogP) is 3.28. The van der Waals surface area contributed by atoms with Crippen molar-refractivity contribution in [3.05, 3.63) is 50.9 Å². The summed E-state index contributed by atoms with van der Waals surface area (Å²) in [4.78, 5) is 15.0. The molecule has 100 valence electrons. The minimum absolute atomic E-state index is 0.0490. The molecular formula is C16H19NO2. The van der Waals surface area contributed by atoms with Gasteiger partial charge in [0.05, 0.1) is 7.11 Å². The summed E-state index contributed by atoms with van der Waals surface area (Å²) in [5.41, 5.74) is 5.66. The van der Waals surface area contributed by atoms with E-state index in [1.807, 2.05) is 45.9 Å². The van der Waals surface area contributed by atoms with Crippen LogP contribution in [0.25, 0.3) is 11.1 Å². The van der Waals surface area contributed by atoms with E-state index in [-0.39, 0.29) is 5.56 Å². The van der Waals surface area contributed by atoms with Crippen LogP contribution < -0.4 is 10.3 Å². The van der Waals surface area contributed by atoms with Crippen molar-refractivity contribution < 1.29 is 4.74 Å². The minimum atomic E-state index is -0.0490. The SMILES string of the molecule is COc1c(C)cc(-c2cc(C)c(C)[nH]c2=O)cc1C. The number of nitrogens with one attached hydrogen (secondary N) is 1. The molecule has 0 aliphatic heterocycles. The fourth-order valence-corrected chi connectivity index (χ4v) is 2.37. The van der Waals surface area contributed by atoms with Crippen molar-refractivity contribution in [3.63, 3.8) is 0 Å². The van der Waals surface area contributed by atoms with E-state index in [0.717, 1.165) is 33.7 Å². The van der Waals surface area contributed by atoms with Crippen LogP contribution in [0.15, 0.2) is 23.0 Å². The highest BCUT2D eigenvalue weighted by Gasteiger charge is 2.10. The van der Waals surface area contributed by atoms with Gasteiger partial charge in [0.25, 0.3) is 5.56 Å².